The lowest BCUT2D eigenvalue weighted by atomic mass is 9.82. The Labute approximate surface area is 87.6 Å². The van der Waals surface area contributed by atoms with E-state index in [0.29, 0.717) is 0 Å². The molecule has 0 aromatic rings. The third kappa shape index (κ3) is 2.48. The second kappa shape index (κ2) is 3.82. The SMILES string of the molecule is C[C@@H]1O[C@H]1B1OC(=O)CN(C)CC(=O)O1. The largest absolute Gasteiger partial charge is 0.632 e. The van der Waals surface area contributed by atoms with Gasteiger partial charge in [-0.2, -0.15) is 0 Å². The van der Waals surface area contributed by atoms with Crippen molar-refractivity contribution in [2.45, 2.75) is 19.0 Å². The molecule has 0 bridgehead atoms. The summed E-state index contributed by atoms with van der Waals surface area (Å²) in [6.07, 6.45) is -0.0206. The van der Waals surface area contributed by atoms with Crippen molar-refractivity contribution in [2.24, 2.45) is 0 Å². The van der Waals surface area contributed by atoms with Crippen LogP contribution in [0.25, 0.3) is 0 Å². The molecule has 0 amide bonds. The van der Waals surface area contributed by atoms with Crippen LogP contribution in [0, 0.1) is 0 Å². The van der Waals surface area contributed by atoms with Gasteiger partial charge in [0.1, 0.15) is 6.00 Å². The summed E-state index contributed by atoms with van der Waals surface area (Å²) < 4.78 is 15.1. The van der Waals surface area contributed by atoms with Crippen LogP contribution in [0.2, 0.25) is 0 Å². The van der Waals surface area contributed by atoms with E-state index in [1.165, 1.54) is 4.90 Å². The molecule has 0 N–H and O–H groups in total. The number of hydrogen-bond donors (Lipinski definition) is 0. The predicted molar refractivity (Wildman–Crippen MR) is 49.8 cm³/mol. The molecule has 0 aromatic carbocycles. The van der Waals surface area contributed by atoms with Gasteiger partial charge in [0.05, 0.1) is 19.2 Å². The van der Waals surface area contributed by atoms with Gasteiger partial charge in [0.2, 0.25) is 0 Å². The third-order valence-electron chi connectivity index (χ3n) is 2.32. The summed E-state index contributed by atoms with van der Waals surface area (Å²) in [6.45, 7) is 2.01. The van der Waals surface area contributed by atoms with Crippen molar-refractivity contribution in [1.29, 1.82) is 0 Å². The fraction of sp³-hybridized carbons (Fsp3) is 0.750. The minimum atomic E-state index is -0.881. The van der Waals surface area contributed by atoms with Gasteiger partial charge in [-0.05, 0) is 14.0 Å². The van der Waals surface area contributed by atoms with Gasteiger partial charge in [0.15, 0.2) is 0 Å². The normalized spacial score (nSPS) is 32.8. The van der Waals surface area contributed by atoms with Crippen molar-refractivity contribution >= 4 is 19.1 Å². The van der Waals surface area contributed by atoms with Crippen molar-refractivity contribution in [3.8, 4) is 0 Å². The molecular weight excluding hydrogens is 201 g/mol. The smallest absolute Gasteiger partial charge is 0.496 e. The molecule has 2 atom stereocenters. The lowest BCUT2D eigenvalue weighted by Crippen LogP contribution is -2.45. The molecule has 15 heavy (non-hydrogen) atoms. The number of carbonyl (C=O) groups excluding carboxylic acids is 2. The highest BCUT2D eigenvalue weighted by Gasteiger charge is 2.53. The summed E-state index contributed by atoms with van der Waals surface area (Å²) in [4.78, 5) is 24.1. The van der Waals surface area contributed by atoms with E-state index in [9.17, 15) is 9.59 Å². The number of ether oxygens (including phenoxy) is 1. The van der Waals surface area contributed by atoms with Crippen molar-refractivity contribution in [2.75, 3.05) is 20.1 Å². The number of nitrogens with zero attached hydrogens (tertiary/aromatic N) is 1. The fourth-order valence-electron chi connectivity index (χ4n) is 1.48. The molecule has 0 aromatic heterocycles. The summed E-state index contributed by atoms with van der Waals surface area (Å²) in [5.74, 6) is -0.810. The van der Waals surface area contributed by atoms with Crippen molar-refractivity contribution in [1.82, 2.24) is 4.90 Å². The van der Waals surface area contributed by atoms with Gasteiger partial charge in [-0.3, -0.25) is 14.5 Å². The summed E-state index contributed by atoms with van der Waals surface area (Å²) in [7, 11) is 0.771. The van der Waals surface area contributed by atoms with E-state index < -0.39 is 19.1 Å². The van der Waals surface area contributed by atoms with Gasteiger partial charge < -0.3 is 14.0 Å². The number of rotatable bonds is 1. The Kier molecular flexibility index (Phi) is 2.66. The molecule has 2 heterocycles. The molecule has 2 saturated heterocycles. The summed E-state index contributed by atoms with van der Waals surface area (Å²) >= 11 is 0. The Morgan fingerprint density at radius 2 is 1.73 bits per heavy atom. The van der Waals surface area contributed by atoms with E-state index in [-0.39, 0.29) is 25.2 Å². The molecule has 6 nitrogen and oxygen atoms in total. The van der Waals surface area contributed by atoms with Crippen LogP contribution in [0.1, 0.15) is 6.92 Å². The molecule has 0 radical (unpaired) electrons. The molecular formula is C8H12BNO5. The first kappa shape index (κ1) is 10.4. The summed E-state index contributed by atoms with van der Waals surface area (Å²) in [6, 6.07) is -0.304. The van der Waals surface area contributed by atoms with Crippen molar-refractivity contribution in [3.63, 3.8) is 0 Å². The molecule has 0 unspecified atom stereocenters. The van der Waals surface area contributed by atoms with Gasteiger partial charge in [0.25, 0.3) is 0 Å². The molecule has 82 valence electrons. The molecule has 0 aliphatic carbocycles. The predicted octanol–water partition coefficient (Wildman–Crippen LogP) is -1.17. The van der Waals surface area contributed by atoms with E-state index >= 15 is 0 Å². The van der Waals surface area contributed by atoms with Crippen molar-refractivity contribution in [3.05, 3.63) is 0 Å². The second-order valence-electron chi connectivity index (χ2n) is 3.83. The Bertz CT molecular complexity index is 277. The average molecular weight is 213 g/mol. The Hall–Kier alpha value is -1.08. The summed E-state index contributed by atoms with van der Waals surface area (Å²) in [5, 5.41) is 0. The fourth-order valence-corrected chi connectivity index (χ4v) is 1.48. The quantitative estimate of drug-likeness (QED) is 0.404. The summed E-state index contributed by atoms with van der Waals surface area (Å²) in [5.41, 5.74) is 0. The van der Waals surface area contributed by atoms with Crippen LogP contribution in [0.15, 0.2) is 0 Å². The monoisotopic (exact) mass is 213 g/mol. The first-order valence-corrected chi connectivity index (χ1v) is 4.79. The number of hydrogen-bond acceptors (Lipinski definition) is 6. The Balaban J connectivity index is 2.00. The first-order chi connectivity index (χ1) is 7.06. The zero-order valence-corrected chi connectivity index (χ0v) is 8.63. The van der Waals surface area contributed by atoms with E-state index in [4.69, 9.17) is 14.0 Å². The van der Waals surface area contributed by atoms with Crippen LogP contribution in [0.3, 0.4) is 0 Å². The zero-order valence-electron chi connectivity index (χ0n) is 8.63. The molecule has 2 rings (SSSR count). The van der Waals surface area contributed by atoms with Gasteiger partial charge in [0, 0.05) is 0 Å². The van der Waals surface area contributed by atoms with Gasteiger partial charge in [-0.1, -0.05) is 0 Å². The number of likely N-dealkylation sites (N-methyl/N-ethyl adjacent to an activating group) is 1. The highest BCUT2D eigenvalue weighted by Crippen LogP contribution is 2.25. The van der Waals surface area contributed by atoms with Crippen molar-refractivity contribution < 1.29 is 23.6 Å². The molecule has 2 aliphatic heterocycles. The van der Waals surface area contributed by atoms with Crippen LogP contribution in [-0.4, -0.2) is 56.2 Å². The average Bonchev–Trinajstić information content (AvgIpc) is 2.78. The van der Waals surface area contributed by atoms with Crippen LogP contribution in [-0.2, 0) is 23.6 Å². The first-order valence-electron chi connectivity index (χ1n) is 4.79. The topological polar surface area (TPSA) is 68.4 Å². The molecule has 0 spiro atoms. The molecule has 2 fully saturated rings. The van der Waals surface area contributed by atoms with Gasteiger partial charge in [-0.15, -0.1) is 0 Å². The highest BCUT2D eigenvalue weighted by atomic mass is 16.7. The highest BCUT2D eigenvalue weighted by molar-refractivity contribution is 6.51. The molecule has 2 aliphatic rings. The number of epoxide rings is 1. The van der Waals surface area contributed by atoms with E-state index in [1.54, 1.807) is 7.05 Å². The minimum Gasteiger partial charge on any atom is -0.496 e. The Morgan fingerprint density at radius 3 is 2.13 bits per heavy atom. The third-order valence-corrected chi connectivity index (χ3v) is 2.32. The van der Waals surface area contributed by atoms with Crippen LogP contribution in [0.4, 0.5) is 0 Å². The maximum Gasteiger partial charge on any atom is 0.632 e. The van der Waals surface area contributed by atoms with Gasteiger partial charge >= 0.3 is 19.1 Å². The van der Waals surface area contributed by atoms with E-state index in [2.05, 4.69) is 0 Å². The van der Waals surface area contributed by atoms with Gasteiger partial charge in [-0.25, -0.2) is 0 Å². The lowest BCUT2D eigenvalue weighted by molar-refractivity contribution is -0.145. The maximum absolute atomic E-state index is 11.3. The van der Waals surface area contributed by atoms with E-state index in [0.717, 1.165) is 0 Å². The van der Waals surface area contributed by atoms with Crippen LogP contribution < -0.4 is 0 Å². The maximum atomic E-state index is 11.3. The second-order valence-corrected chi connectivity index (χ2v) is 3.83. The molecule has 7 heteroatoms. The van der Waals surface area contributed by atoms with Crippen LogP contribution >= 0.6 is 0 Å². The van der Waals surface area contributed by atoms with Crippen LogP contribution in [0.5, 0.6) is 0 Å². The number of carbonyl (C=O) groups is 2. The zero-order chi connectivity index (χ0) is 11.0. The minimum absolute atomic E-state index is 0.0206. The van der Waals surface area contributed by atoms with E-state index in [1.807, 2.05) is 6.92 Å². The Morgan fingerprint density at radius 1 is 1.27 bits per heavy atom. The standard InChI is InChI=1S/C8H12BNO5/c1-5-8(13-5)9-14-6(11)3-10(2)4-7(12)15-9/h5,8H,3-4H2,1-2H3/t5-,8+/m0/s1. The lowest BCUT2D eigenvalue weighted by Gasteiger charge is -2.21. The molecule has 0 saturated carbocycles.